The molecule has 2 rings (SSSR count). The molecule has 1 aliphatic rings. The molecule has 0 saturated carbocycles. The molecule has 1 aliphatic heterocycles. The maximum absolute atomic E-state index is 12.5. The average molecular weight is 373 g/mol. The molecule has 4 nitrogen and oxygen atoms in total. The number of carboxylic acids is 1. The average Bonchev–Trinajstić information content (AvgIpc) is 2.74. The van der Waals surface area contributed by atoms with Gasteiger partial charge in [0.1, 0.15) is 0 Å². The van der Waals surface area contributed by atoms with Crippen molar-refractivity contribution in [3.05, 3.63) is 32.9 Å². The summed E-state index contributed by atoms with van der Waals surface area (Å²) in [6.07, 6.45) is 0. The molecule has 0 aliphatic carbocycles. The predicted octanol–water partition coefficient (Wildman–Crippen LogP) is 2.39. The van der Waals surface area contributed by atoms with Crippen LogP contribution in [0.1, 0.15) is 22.8 Å². The molecule has 0 aromatic heterocycles. The van der Waals surface area contributed by atoms with Gasteiger partial charge >= 0.3 is 5.97 Å². The third kappa shape index (κ3) is 2.75. The quantitative estimate of drug-likeness (QED) is 0.810. The van der Waals surface area contributed by atoms with E-state index in [0.29, 0.717) is 18.7 Å². The number of benzene rings is 1. The first-order valence-corrected chi connectivity index (χ1v) is 7.27. The van der Waals surface area contributed by atoms with Gasteiger partial charge in [-0.3, -0.25) is 9.59 Å². The Bertz CT molecular complexity index is 529. The first kappa shape index (κ1) is 14.3. The maximum Gasteiger partial charge on any atom is 0.308 e. The van der Waals surface area contributed by atoms with Crippen molar-refractivity contribution in [1.82, 2.24) is 4.90 Å². The van der Waals surface area contributed by atoms with Gasteiger partial charge in [0, 0.05) is 16.7 Å². The van der Waals surface area contributed by atoms with Crippen LogP contribution in [0.3, 0.4) is 0 Å². The van der Waals surface area contributed by atoms with Crippen molar-refractivity contribution < 1.29 is 14.7 Å². The molecule has 1 fully saturated rings. The van der Waals surface area contributed by atoms with E-state index in [1.54, 1.807) is 11.0 Å². The highest BCUT2D eigenvalue weighted by molar-refractivity contribution is 14.1. The van der Waals surface area contributed by atoms with E-state index < -0.39 is 11.9 Å². The molecule has 2 atom stereocenters. The Morgan fingerprint density at radius 1 is 1.37 bits per heavy atom. The number of nitrogens with zero attached hydrogens (tertiary/aromatic N) is 1. The van der Waals surface area contributed by atoms with Crippen LogP contribution in [0.4, 0.5) is 0 Å². The van der Waals surface area contributed by atoms with Crippen LogP contribution in [-0.2, 0) is 4.79 Å². The smallest absolute Gasteiger partial charge is 0.308 e. The fraction of sp³-hybridized carbons (Fsp3) is 0.429. The van der Waals surface area contributed by atoms with Crippen LogP contribution in [-0.4, -0.2) is 35.0 Å². The molecule has 1 saturated heterocycles. The molecule has 1 heterocycles. The molecule has 5 heteroatoms. The van der Waals surface area contributed by atoms with Gasteiger partial charge in [0.25, 0.3) is 5.91 Å². The van der Waals surface area contributed by atoms with E-state index in [4.69, 9.17) is 5.11 Å². The minimum Gasteiger partial charge on any atom is -0.481 e. The minimum atomic E-state index is -0.818. The molecule has 19 heavy (non-hydrogen) atoms. The van der Waals surface area contributed by atoms with Crippen LogP contribution in [0.2, 0.25) is 0 Å². The maximum atomic E-state index is 12.5. The number of carbonyl (C=O) groups is 2. The topological polar surface area (TPSA) is 57.6 Å². The highest BCUT2D eigenvalue weighted by atomic mass is 127. The summed E-state index contributed by atoms with van der Waals surface area (Å²) in [5, 5.41) is 9.11. The fourth-order valence-electron chi connectivity index (χ4n) is 2.44. The number of likely N-dealkylation sites (tertiary alicyclic amines) is 1. The summed E-state index contributed by atoms with van der Waals surface area (Å²) in [5.41, 5.74) is 1.73. The molecule has 1 aromatic rings. The molecule has 1 aromatic carbocycles. The lowest BCUT2D eigenvalue weighted by Crippen LogP contribution is -2.30. The van der Waals surface area contributed by atoms with E-state index in [1.165, 1.54) is 0 Å². The first-order chi connectivity index (χ1) is 8.91. The van der Waals surface area contributed by atoms with Crippen molar-refractivity contribution in [3.8, 4) is 0 Å². The third-order valence-corrected chi connectivity index (χ3v) is 5.07. The number of aryl methyl sites for hydroxylation is 1. The van der Waals surface area contributed by atoms with Gasteiger partial charge in [0.05, 0.1) is 11.5 Å². The van der Waals surface area contributed by atoms with E-state index in [9.17, 15) is 9.59 Å². The summed E-state index contributed by atoms with van der Waals surface area (Å²) in [6, 6.07) is 5.62. The Labute approximate surface area is 125 Å². The largest absolute Gasteiger partial charge is 0.481 e. The zero-order valence-corrected chi connectivity index (χ0v) is 13.0. The van der Waals surface area contributed by atoms with Gasteiger partial charge in [-0.25, -0.2) is 0 Å². The fourth-order valence-corrected chi connectivity index (χ4v) is 3.03. The molecular weight excluding hydrogens is 357 g/mol. The number of carbonyl (C=O) groups excluding carboxylic acids is 1. The van der Waals surface area contributed by atoms with Crippen molar-refractivity contribution in [2.45, 2.75) is 13.8 Å². The summed E-state index contributed by atoms with van der Waals surface area (Å²) in [6.45, 7) is 4.66. The number of aliphatic carboxylic acids is 1. The Kier molecular flexibility index (Phi) is 4.13. The number of hydrogen-bond acceptors (Lipinski definition) is 2. The van der Waals surface area contributed by atoms with Gasteiger partial charge in [-0.05, 0) is 47.1 Å². The molecule has 1 N–H and O–H groups in total. The van der Waals surface area contributed by atoms with E-state index in [0.717, 1.165) is 9.13 Å². The zero-order chi connectivity index (χ0) is 14.2. The van der Waals surface area contributed by atoms with Gasteiger partial charge in [-0.2, -0.15) is 0 Å². The molecule has 2 unspecified atom stereocenters. The number of carboxylic acid groups (broad SMARTS) is 1. The van der Waals surface area contributed by atoms with Gasteiger partial charge < -0.3 is 10.0 Å². The third-order valence-electron chi connectivity index (χ3n) is 3.64. The van der Waals surface area contributed by atoms with Crippen LogP contribution >= 0.6 is 22.6 Å². The molecule has 0 radical (unpaired) electrons. The van der Waals surface area contributed by atoms with Crippen molar-refractivity contribution in [2.75, 3.05) is 13.1 Å². The van der Waals surface area contributed by atoms with E-state index >= 15 is 0 Å². The lowest BCUT2D eigenvalue weighted by Gasteiger charge is -2.17. The summed E-state index contributed by atoms with van der Waals surface area (Å²) in [7, 11) is 0. The normalized spacial score (nSPS) is 22.6. The molecular formula is C14H16INO3. The van der Waals surface area contributed by atoms with Crippen molar-refractivity contribution in [2.24, 2.45) is 11.8 Å². The summed E-state index contributed by atoms with van der Waals surface area (Å²) >= 11 is 2.17. The number of hydrogen-bond donors (Lipinski definition) is 1. The molecule has 0 spiro atoms. The second kappa shape index (κ2) is 5.48. The predicted molar refractivity (Wildman–Crippen MR) is 80.1 cm³/mol. The first-order valence-electron chi connectivity index (χ1n) is 6.19. The number of amides is 1. The van der Waals surface area contributed by atoms with Crippen molar-refractivity contribution in [1.29, 1.82) is 0 Å². The Balaban J connectivity index is 2.22. The van der Waals surface area contributed by atoms with Crippen LogP contribution in [0, 0.1) is 22.3 Å². The van der Waals surface area contributed by atoms with E-state index in [1.807, 2.05) is 26.0 Å². The Hall–Kier alpha value is -1.11. The second-order valence-electron chi connectivity index (χ2n) is 5.07. The van der Waals surface area contributed by atoms with Gasteiger partial charge in [-0.1, -0.05) is 19.1 Å². The van der Waals surface area contributed by atoms with Crippen LogP contribution < -0.4 is 0 Å². The van der Waals surface area contributed by atoms with Crippen LogP contribution in [0.5, 0.6) is 0 Å². The van der Waals surface area contributed by atoms with Gasteiger partial charge in [0.15, 0.2) is 0 Å². The summed E-state index contributed by atoms with van der Waals surface area (Å²) in [4.78, 5) is 25.2. The SMILES string of the molecule is Cc1cccc(C(=O)N2CC(C)C(C(=O)O)C2)c1I. The number of rotatable bonds is 2. The highest BCUT2D eigenvalue weighted by Gasteiger charge is 2.37. The summed E-state index contributed by atoms with van der Waals surface area (Å²) in [5.74, 6) is -1.33. The van der Waals surface area contributed by atoms with Crippen molar-refractivity contribution in [3.63, 3.8) is 0 Å². The van der Waals surface area contributed by atoms with E-state index in [-0.39, 0.29) is 11.8 Å². The highest BCUT2D eigenvalue weighted by Crippen LogP contribution is 2.26. The summed E-state index contributed by atoms with van der Waals surface area (Å²) < 4.78 is 0.941. The molecule has 102 valence electrons. The van der Waals surface area contributed by atoms with E-state index in [2.05, 4.69) is 22.6 Å². The van der Waals surface area contributed by atoms with Crippen LogP contribution in [0.25, 0.3) is 0 Å². The minimum absolute atomic E-state index is 0.00363. The Morgan fingerprint density at radius 3 is 2.63 bits per heavy atom. The number of halogens is 1. The van der Waals surface area contributed by atoms with Crippen molar-refractivity contribution >= 4 is 34.5 Å². The monoisotopic (exact) mass is 373 g/mol. The molecule has 1 amide bonds. The second-order valence-corrected chi connectivity index (χ2v) is 6.15. The standard InChI is InChI=1S/C14H16INO3/c1-8-4-3-5-10(12(8)15)13(17)16-6-9(2)11(7-16)14(18)19/h3-5,9,11H,6-7H2,1-2H3,(H,18,19). The van der Waals surface area contributed by atoms with Crippen LogP contribution in [0.15, 0.2) is 18.2 Å². The van der Waals surface area contributed by atoms with Gasteiger partial charge in [0.2, 0.25) is 0 Å². The Morgan fingerprint density at radius 2 is 2.05 bits per heavy atom. The molecule has 0 bridgehead atoms. The lowest BCUT2D eigenvalue weighted by atomic mass is 9.99. The zero-order valence-electron chi connectivity index (χ0n) is 10.9. The van der Waals surface area contributed by atoms with Gasteiger partial charge in [-0.15, -0.1) is 0 Å². The lowest BCUT2D eigenvalue weighted by molar-refractivity contribution is -0.142.